The highest BCUT2D eigenvalue weighted by atomic mass is 16.2. The second kappa shape index (κ2) is 7.27. The van der Waals surface area contributed by atoms with Crippen LogP contribution in [0.5, 0.6) is 0 Å². The lowest BCUT2D eigenvalue weighted by atomic mass is 10.2. The van der Waals surface area contributed by atoms with Crippen molar-refractivity contribution in [1.82, 2.24) is 39.8 Å². The molecule has 5 rings (SSSR count). The minimum absolute atomic E-state index is 0.0431. The van der Waals surface area contributed by atoms with Gasteiger partial charge in [-0.2, -0.15) is 14.9 Å². The molecule has 11 heteroatoms. The van der Waals surface area contributed by atoms with Crippen LogP contribution in [0.3, 0.4) is 0 Å². The zero-order chi connectivity index (χ0) is 21.5. The van der Waals surface area contributed by atoms with E-state index in [1.165, 1.54) is 11.1 Å². The summed E-state index contributed by atoms with van der Waals surface area (Å²) < 4.78 is 3.31. The van der Waals surface area contributed by atoms with Crippen molar-refractivity contribution in [2.24, 2.45) is 0 Å². The molecule has 31 heavy (non-hydrogen) atoms. The summed E-state index contributed by atoms with van der Waals surface area (Å²) in [6.45, 7) is 2.39. The number of aromatic nitrogens is 7. The van der Waals surface area contributed by atoms with Crippen molar-refractivity contribution in [1.29, 1.82) is 0 Å². The molecule has 156 valence electrons. The topological polar surface area (TPSA) is 124 Å². The van der Waals surface area contributed by atoms with E-state index in [1.807, 2.05) is 19.1 Å². The van der Waals surface area contributed by atoms with Gasteiger partial charge >= 0.3 is 0 Å². The summed E-state index contributed by atoms with van der Waals surface area (Å²) in [5.74, 6) is 0.493. The summed E-state index contributed by atoms with van der Waals surface area (Å²) in [5.41, 5.74) is 1.29. The molecular formula is C20H19N9O2. The number of nitrogens with zero attached hydrogens (tertiary/aromatic N) is 8. The van der Waals surface area contributed by atoms with Crippen LogP contribution in [0.4, 0.5) is 5.82 Å². The largest absolute Gasteiger partial charge is 0.337 e. The van der Waals surface area contributed by atoms with Gasteiger partial charge in [0.1, 0.15) is 11.9 Å². The van der Waals surface area contributed by atoms with E-state index in [0.29, 0.717) is 35.6 Å². The lowest BCUT2D eigenvalue weighted by Gasteiger charge is -2.20. The predicted molar refractivity (Wildman–Crippen MR) is 111 cm³/mol. The molecule has 0 saturated carbocycles. The quantitative estimate of drug-likeness (QED) is 0.525. The highest BCUT2D eigenvalue weighted by molar-refractivity contribution is 6.01. The van der Waals surface area contributed by atoms with Crippen LogP contribution in [0.2, 0.25) is 0 Å². The van der Waals surface area contributed by atoms with Gasteiger partial charge in [-0.25, -0.2) is 19.6 Å². The average Bonchev–Trinajstić information content (AvgIpc) is 3.36. The van der Waals surface area contributed by atoms with Gasteiger partial charge in [0.05, 0.1) is 17.3 Å². The number of likely N-dealkylation sites (N-methyl/N-ethyl adjacent to an activating group) is 1. The van der Waals surface area contributed by atoms with Gasteiger partial charge in [0.2, 0.25) is 5.82 Å². The molecule has 1 N–H and O–H groups in total. The van der Waals surface area contributed by atoms with E-state index in [1.54, 1.807) is 40.9 Å². The highest BCUT2D eigenvalue weighted by Crippen LogP contribution is 2.21. The van der Waals surface area contributed by atoms with Crippen LogP contribution in [-0.4, -0.2) is 59.4 Å². The first kappa shape index (κ1) is 18.9. The van der Waals surface area contributed by atoms with Crippen molar-refractivity contribution in [3.63, 3.8) is 0 Å². The van der Waals surface area contributed by atoms with E-state index in [2.05, 4.69) is 30.5 Å². The number of nitrogens with one attached hydrogen (secondary N) is 1. The fourth-order valence-electron chi connectivity index (χ4n) is 3.62. The molecule has 11 nitrogen and oxygen atoms in total. The highest BCUT2D eigenvalue weighted by Gasteiger charge is 2.31. The normalized spacial score (nSPS) is 16.3. The Labute approximate surface area is 176 Å². The molecule has 2 amide bonds. The minimum Gasteiger partial charge on any atom is -0.337 e. The van der Waals surface area contributed by atoms with Gasteiger partial charge in [0, 0.05) is 32.1 Å². The summed E-state index contributed by atoms with van der Waals surface area (Å²) in [4.78, 5) is 40.1. The summed E-state index contributed by atoms with van der Waals surface area (Å²) in [6, 6.07) is 6.57. The second-order valence-corrected chi connectivity index (χ2v) is 7.30. The van der Waals surface area contributed by atoms with Crippen molar-refractivity contribution in [3.8, 4) is 5.82 Å². The molecule has 0 bridgehead atoms. The Morgan fingerprint density at radius 2 is 2.10 bits per heavy atom. The summed E-state index contributed by atoms with van der Waals surface area (Å²) >= 11 is 0. The second-order valence-electron chi connectivity index (χ2n) is 7.30. The molecule has 1 atom stereocenters. The van der Waals surface area contributed by atoms with Gasteiger partial charge in [0.25, 0.3) is 11.8 Å². The Morgan fingerprint density at radius 3 is 2.90 bits per heavy atom. The number of rotatable bonds is 3. The maximum absolute atomic E-state index is 12.9. The third-order valence-corrected chi connectivity index (χ3v) is 5.17. The smallest absolute Gasteiger partial charge is 0.289 e. The van der Waals surface area contributed by atoms with E-state index in [9.17, 15) is 9.59 Å². The Bertz CT molecular complexity index is 1290. The number of hydrogen-bond donors (Lipinski definition) is 1. The van der Waals surface area contributed by atoms with Crippen molar-refractivity contribution < 1.29 is 9.59 Å². The molecule has 0 unspecified atom stereocenters. The summed E-state index contributed by atoms with van der Waals surface area (Å²) in [6.07, 6.45) is 5.21. The summed E-state index contributed by atoms with van der Waals surface area (Å²) in [7, 11) is 1.67. The van der Waals surface area contributed by atoms with Crippen molar-refractivity contribution in [3.05, 3.63) is 54.4 Å². The van der Waals surface area contributed by atoms with Crippen LogP contribution in [0.15, 0.2) is 42.9 Å². The number of amides is 2. The van der Waals surface area contributed by atoms with Crippen molar-refractivity contribution in [2.45, 2.75) is 25.9 Å². The van der Waals surface area contributed by atoms with Gasteiger partial charge < -0.3 is 5.32 Å². The number of fused-ring (bicyclic) bond motifs is 2. The first-order valence-corrected chi connectivity index (χ1v) is 9.76. The molecule has 0 saturated heterocycles. The standard InChI is InChI=1S/C20H19N9O2/c1-12-9-16-27(2)20(31)14(6-8-28(16)26-12)24-19(30)17-22-10-13-11-23-29(18(13)25-17)15-5-3-4-7-21-15/h3-5,7,9-11,14H,6,8H2,1-2H3,(H,24,30)/t14-/m1/s1. The van der Waals surface area contributed by atoms with Gasteiger partial charge in [0.15, 0.2) is 11.5 Å². The third-order valence-electron chi connectivity index (χ3n) is 5.17. The van der Waals surface area contributed by atoms with Crippen molar-refractivity contribution in [2.75, 3.05) is 11.9 Å². The molecule has 0 aliphatic carbocycles. The molecule has 0 fully saturated rings. The fraction of sp³-hybridized carbons (Fsp3) is 0.250. The third kappa shape index (κ3) is 3.29. The van der Waals surface area contributed by atoms with Crippen molar-refractivity contribution >= 4 is 28.7 Å². The number of anilines is 1. The average molecular weight is 417 g/mol. The van der Waals surface area contributed by atoms with Crippen LogP contribution in [0.25, 0.3) is 16.9 Å². The van der Waals surface area contributed by atoms with Gasteiger partial charge in [-0.15, -0.1) is 0 Å². The molecule has 4 aromatic heterocycles. The Kier molecular flexibility index (Phi) is 4.42. The van der Waals surface area contributed by atoms with Crippen LogP contribution in [0.1, 0.15) is 22.7 Å². The lowest BCUT2D eigenvalue weighted by Crippen LogP contribution is -2.47. The molecule has 1 aliphatic rings. The maximum atomic E-state index is 12.9. The van der Waals surface area contributed by atoms with Crippen LogP contribution >= 0.6 is 0 Å². The first-order chi connectivity index (χ1) is 15.0. The predicted octanol–water partition coefficient (Wildman–Crippen LogP) is 0.881. The minimum atomic E-state index is -0.709. The maximum Gasteiger partial charge on any atom is 0.289 e. The van der Waals surface area contributed by atoms with Gasteiger partial charge in [-0.1, -0.05) is 6.07 Å². The molecule has 0 radical (unpaired) electrons. The molecule has 0 aromatic carbocycles. The molecule has 4 aromatic rings. The number of hydrogen-bond acceptors (Lipinski definition) is 7. The van der Waals surface area contributed by atoms with E-state index >= 15 is 0 Å². The van der Waals surface area contributed by atoms with Crippen LogP contribution in [-0.2, 0) is 11.3 Å². The molecular weight excluding hydrogens is 398 g/mol. The molecule has 5 heterocycles. The van der Waals surface area contributed by atoms with E-state index in [4.69, 9.17) is 0 Å². The van der Waals surface area contributed by atoms with Gasteiger partial charge in [-0.3, -0.25) is 14.5 Å². The zero-order valence-electron chi connectivity index (χ0n) is 16.9. The van der Waals surface area contributed by atoms with E-state index < -0.39 is 11.9 Å². The first-order valence-electron chi connectivity index (χ1n) is 9.76. The monoisotopic (exact) mass is 417 g/mol. The summed E-state index contributed by atoms with van der Waals surface area (Å²) in [5, 5.41) is 12.1. The van der Waals surface area contributed by atoms with Crippen LogP contribution < -0.4 is 10.2 Å². The van der Waals surface area contributed by atoms with Crippen LogP contribution in [0, 0.1) is 6.92 Å². The van der Waals surface area contributed by atoms with E-state index in [-0.39, 0.29) is 11.7 Å². The Balaban J connectivity index is 1.40. The number of carbonyl (C=O) groups excluding carboxylic acids is 2. The number of carbonyl (C=O) groups is 2. The Hall–Kier alpha value is -4.15. The van der Waals surface area contributed by atoms with Gasteiger partial charge in [-0.05, 0) is 25.5 Å². The lowest BCUT2D eigenvalue weighted by molar-refractivity contribution is -0.120. The number of aryl methyl sites for hydroxylation is 2. The van der Waals surface area contributed by atoms with E-state index in [0.717, 1.165) is 5.69 Å². The molecule has 0 spiro atoms. The SMILES string of the molecule is Cc1cc2n(n1)CC[C@@H](NC(=O)c1ncc3cnn(-c4ccccn4)c3n1)C(=O)N2C. The Morgan fingerprint density at radius 1 is 1.23 bits per heavy atom. The molecule has 1 aliphatic heterocycles. The zero-order valence-corrected chi connectivity index (χ0v) is 16.9. The number of pyridine rings is 1. The fourth-order valence-corrected chi connectivity index (χ4v) is 3.62.